The molecule has 1 unspecified atom stereocenters. The maximum absolute atomic E-state index is 11.7. The number of carbonyl (C=O) groups is 1. The number of nitrogens with one attached hydrogen (secondary N) is 2. The molecule has 1 atom stereocenters. The average molecular weight is 272 g/mol. The third kappa shape index (κ3) is 5.44. The lowest BCUT2D eigenvalue weighted by Gasteiger charge is -2.11. The number of nitrogens with two attached hydrogens (primary N) is 1. The third-order valence-electron chi connectivity index (χ3n) is 2.71. The molecule has 4 N–H and O–H groups in total. The highest BCUT2D eigenvalue weighted by Gasteiger charge is 2.03. The summed E-state index contributed by atoms with van der Waals surface area (Å²) in [5.41, 5.74) is 7.03. The van der Waals surface area contributed by atoms with Crippen LogP contribution in [-0.2, 0) is 4.79 Å². The molecule has 1 aromatic carbocycles. The second-order valence-corrected chi connectivity index (χ2v) is 4.43. The topological polar surface area (TPSA) is 79.5 Å². The van der Waals surface area contributed by atoms with Gasteiger partial charge in [-0.25, -0.2) is 4.99 Å². The van der Waals surface area contributed by atoms with Crippen LogP contribution in [0.1, 0.15) is 25.8 Å². The second kappa shape index (κ2) is 7.85. The number of anilines is 1. The van der Waals surface area contributed by atoms with E-state index in [2.05, 4.69) is 21.5 Å². The van der Waals surface area contributed by atoms with E-state index in [1.165, 1.54) is 0 Å². The van der Waals surface area contributed by atoms with Gasteiger partial charge in [-0.1, -0.05) is 18.9 Å². The average Bonchev–Trinajstić information content (AvgIpc) is 2.45. The van der Waals surface area contributed by atoms with Crippen LogP contribution in [-0.4, -0.2) is 24.5 Å². The van der Waals surface area contributed by atoms with Gasteiger partial charge in [0.05, 0.1) is 0 Å². The summed E-state index contributed by atoms with van der Waals surface area (Å²) in [4.78, 5) is 15.7. The fraction of sp³-hybridized carbons (Fsp3) is 0.333. The smallest absolute Gasteiger partial charge is 0.246 e. The number of hydrogen-bond acceptors (Lipinski definition) is 2. The van der Waals surface area contributed by atoms with Gasteiger partial charge in [0.1, 0.15) is 6.54 Å². The lowest BCUT2D eigenvalue weighted by Crippen LogP contribution is -2.38. The van der Waals surface area contributed by atoms with Gasteiger partial charge in [0.15, 0.2) is 5.96 Å². The minimum Gasteiger partial charge on any atom is -0.370 e. The van der Waals surface area contributed by atoms with E-state index < -0.39 is 0 Å². The van der Waals surface area contributed by atoms with Crippen molar-refractivity contribution >= 4 is 17.6 Å². The molecule has 20 heavy (non-hydrogen) atoms. The van der Waals surface area contributed by atoms with E-state index >= 15 is 0 Å². The first kappa shape index (κ1) is 15.6. The van der Waals surface area contributed by atoms with Gasteiger partial charge in [-0.15, -0.1) is 6.42 Å². The molecule has 0 saturated carbocycles. The maximum atomic E-state index is 11.7. The Bertz CT molecular complexity index is 531. The zero-order valence-electron chi connectivity index (χ0n) is 11.8. The number of benzene rings is 1. The van der Waals surface area contributed by atoms with E-state index in [1.807, 2.05) is 13.8 Å². The number of guanidine groups is 1. The van der Waals surface area contributed by atoms with E-state index in [1.54, 1.807) is 24.3 Å². The predicted octanol–water partition coefficient (Wildman–Crippen LogP) is 1.31. The summed E-state index contributed by atoms with van der Waals surface area (Å²) in [6, 6.07) is 7.30. The minimum absolute atomic E-state index is 0.0322. The highest BCUT2D eigenvalue weighted by atomic mass is 16.1. The molecule has 106 valence electrons. The van der Waals surface area contributed by atoms with Gasteiger partial charge in [0.2, 0.25) is 5.91 Å². The van der Waals surface area contributed by atoms with Crippen LogP contribution in [0.3, 0.4) is 0 Å². The van der Waals surface area contributed by atoms with Crippen molar-refractivity contribution in [2.45, 2.75) is 26.3 Å². The molecule has 0 spiro atoms. The fourth-order valence-corrected chi connectivity index (χ4v) is 1.44. The second-order valence-electron chi connectivity index (χ2n) is 4.43. The van der Waals surface area contributed by atoms with Crippen LogP contribution < -0.4 is 16.4 Å². The van der Waals surface area contributed by atoms with Gasteiger partial charge in [0, 0.05) is 17.3 Å². The van der Waals surface area contributed by atoms with Gasteiger partial charge in [0.25, 0.3) is 0 Å². The number of hydrogen-bond donors (Lipinski definition) is 3. The minimum atomic E-state index is -0.243. The van der Waals surface area contributed by atoms with Crippen LogP contribution in [0.5, 0.6) is 0 Å². The molecule has 0 aromatic heterocycles. The predicted molar refractivity (Wildman–Crippen MR) is 82.4 cm³/mol. The number of terminal acetylenes is 1. The van der Waals surface area contributed by atoms with Crippen molar-refractivity contribution in [1.29, 1.82) is 0 Å². The summed E-state index contributed by atoms with van der Waals surface area (Å²) >= 11 is 0. The Morgan fingerprint density at radius 2 is 2.30 bits per heavy atom. The Hall–Kier alpha value is -2.48. The quantitative estimate of drug-likeness (QED) is 0.429. The van der Waals surface area contributed by atoms with Crippen molar-refractivity contribution < 1.29 is 4.79 Å². The molecule has 1 aromatic rings. The van der Waals surface area contributed by atoms with Crippen LogP contribution in [0.4, 0.5) is 5.69 Å². The standard InChI is InChI=1S/C15H20N4O/c1-4-11(3)18-15(16)17-10-14(20)19-13-8-6-7-12(5-2)9-13/h2,6-9,11H,4,10H2,1,3H3,(H,19,20)(H3,16,17,18). The molecule has 0 aliphatic rings. The van der Waals surface area contributed by atoms with Crippen molar-refractivity contribution in [3.63, 3.8) is 0 Å². The molecule has 0 aliphatic carbocycles. The van der Waals surface area contributed by atoms with E-state index in [-0.39, 0.29) is 24.5 Å². The summed E-state index contributed by atoms with van der Waals surface area (Å²) in [5.74, 6) is 2.54. The molecule has 1 rings (SSSR count). The molecule has 0 bridgehead atoms. The van der Waals surface area contributed by atoms with Gasteiger partial charge in [-0.05, 0) is 31.5 Å². The van der Waals surface area contributed by atoms with Crippen molar-refractivity contribution in [3.8, 4) is 12.3 Å². The van der Waals surface area contributed by atoms with E-state index in [4.69, 9.17) is 12.2 Å². The molecule has 0 fully saturated rings. The Kier molecular flexibility index (Phi) is 6.11. The highest BCUT2D eigenvalue weighted by molar-refractivity contribution is 5.94. The van der Waals surface area contributed by atoms with Crippen LogP contribution in [0.25, 0.3) is 0 Å². The Morgan fingerprint density at radius 3 is 2.95 bits per heavy atom. The highest BCUT2D eigenvalue weighted by Crippen LogP contribution is 2.09. The van der Waals surface area contributed by atoms with Gasteiger partial charge >= 0.3 is 0 Å². The molecular weight excluding hydrogens is 252 g/mol. The van der Waals surface area contributed by atoms with Crippen LogP contribution in [0, 0.1) is 12.3 Å². The Balaban J connectivity index is 2.51. The molecule has 5 nitrogen and oxygen atoms in total. The Labute approximate surface area is 119 Å². The van der Waals surface area contributed by atoms with E-state index in [0.29, 0.717) is 11.3 Å². The van der Waals surface area contributed by atoms with Crippen molar-refractivity contribution in [2.24, 2.45) is 10.7 Å². The molecular formula is C15H20N4O. The Morgan fingerprint density at radius 1 is 1.55 bits per heavy atom. The number of amides is 1. The summed E-state index contributed by atoms with van der Waals surface area (Å²) in [6.45, 7) is 4.00. The number of rotatable bonds is 5. The van der Waals surface area contributed by atoms with Crippen molar-refractivity contribution in [3.05, 3.63) is 29.8 Å². The number of aliphatic imine (C=N–C) groups is 1. The molecule has 0 aliphatic heterocycles. The normalized spacial score (nSPS) is 12.3. The van der Waals surface area contributed by atoms with Crippen LogP contribution in [0.15, 0.2) is 29.3 Å². The first-order chi connectivity index (χ1) is 9.55. The zero-order chi connectivity index (χ0) is 15.0. The van der Waals surface area contributed by atoms with Crippen molar-refractivity contribution in [2.75, 3.05) is 11.9 Å². The van der Waals surface area contributed by atoms with Gasteiger partial charge in [-0.3, -0.25) is 4.79 Å². The largest absolute Gasteiger partial charge is 0.370 e. The summed E-state index contributed by atoms with van der Waals surface area (Å²) < 4.78 is 0. The number of nitrogens with zero attached hydrogens (tertiary/aromatic N) is 1. The zero-order valence-corrected chi connectivity index (χ0v) is 11.8. The van der Waals surface area contributed by atoms with E-state index in [9.17, 15) is 4.79 Å². The first-order valence-electron chi connectivity index (χ1n) is 6.48. The molecule has 0 radical (unpaired) electrons. The molecule has 0 heterocycles. The third-order valence-corrected chi connectivity index (χ3v) is 2.71. The molecule has 5 heteroatoms. The van der Waals surface area contributed by atoms with Gasteiger partial charge in [-0.2, -0.15) is 0 Å². The van der Waals surface area contributed by atoms with Crippen LogP contribution in [0.2, 0.25) is 0 Å². The van der Waals surface area contributed by atoms with Crippen molar-refractivity contribution in [1.82, 2.24) is 5.32 Å². The summed E-state index contributed by atoms with van der Waals surface area (Å²) in [7, 11) is 0. The van der Waals surface area contributed by atoms with Gasteiger partial charge < -0.3 is 16.4 Å². The fourth-order valence-electron chi connectivity index (χ4n) is 1.44. The first-order valence-corrected chi connectivity index (χ1v) is 6.48. The van der Waals surface area contributed by atoms with E-state index in [0.717, 1.165) is 6.42 Å². The summed E-state index contributed by atoms with van der Waals surface area (Å²) in [6.07, 6.45) is 6.23. The summed E-state index contributed by atoms with van der Waals surface area (Å²) in [5, 5.41) is 5.70. The lowest BCUT2D eigenvalue weighted by molar-refractivity contribution is -0.114. The lowest BCUT2D eigenvalue weighted by atomic mass is 10.2. The number of carbonyl (C=O) groups excluding carboxylic acids is 1. The molecule has 0 saturated heterocycles. The maximum Gasteiger partial charge on any atom is 0.246 e. The molecule has 1 amide bonds. The SMILES string of the molecule is C#Cc1cccc(NC(=O)CN=C(N)NC(C)CC)c1. The monoisotopic (exact) mass is 272 g/mol. The van der Waals surface area contributed by atoms with Crippen LogP contribution >= 0.6 is 0 Å².